The fourth-order valence-corrected chi connectivity index (χ4v) is 4.47. The van der Waals surface area contributed by atoms with Crippen LogP contribution in [0.1, 0.15) is 17.7 Å². The van der Waals surface area contributed by atoms with E-state index in [2.05, 4.69) is 27.7 Å². The highest BCUT2D eigenvalue weighted by Crippen LogP contribution is 2.37. The maximum atomic E-state index is 13.3. The quantitative estimate of drug-likeness (QED) is 0.923. The van der Waals surface area contributed by atoms with Crippen LogP contribution in [0.25, 0.3) is 0 Å². The minimum atomic E-state index is -0.202. The molecule has 0 aliphatic carbocycles. The van der Waals surface area contributed by atoms with Gasteiger partial charge in [-0.1, -0.05) is 12.1 Å². The number of nitrogens with zero attached hydrogens (tertiary/aromatic N) is 1. The van der Waals surface area contributed by atoms with E-state index in [-0.39, 0.29) is 17.5 Å². The number of ether oxygens (including phenoxy) is 1. The van der Waals surface area contributed by atoms with Gasteiger partial charge in [0.25, 0.3) is 0 Å². The normalized spacial score (nSPS) is 27.8. The maximum Gasteiger partial charge on any atom is 0.125 e. The van der Waals surface area contributed by atoms with Crippen LogP contribution in [0.3, 0.4) is 0 Å². The van der Waals surface area contributed by atoms with E-state index < -0.39 is 0 Å². The molecule has 0 saturated carbocycles. The van der Waals surface area contributed by atoms with Crippen molar-refractivity contribution in [1.29, 1.82) is 0 Å². The molecule has 1 N–H and O–H groups in total. The van der Waals surface area contributed by atoms with Crippen LogP contribution < -0.4 is 5.32 Å². The van der Waals surface area contributed by atoms with Gasteiger partial charge in [0.1, 0.15) is 5.82 Å². The molecule has 2 aliphatic rings. The van der Waals surface area contributed by atoms with Crippen LogP contribution in [-0.2, 0) is 11.3 Å². The molecule has 3 nitrogen and oxygen atoms in total. The number of halogens is 1. The van der Waals surface area contributed by atoms with Crippen LogP contribution in [0.15, 0.2) is 41.8 Å². The third kappa shape index (κ3) is 3.42. The van der Waals surface area contributed by atoms with Gasteiger partial charge < -0.3 is 10.1 Å². The molecule has 1 spiro atoms. The van der Waals surface area contributed by atoms with Gasteiger partial charge in [0.2, 0.25) is 0 Å². The number of rotatable bonds is 4. The Balaban J connectivity index is 1.34. The lowest BCUT2D eigenvalue weighted by Gasteiger charge is -2.23. The molecule has 2 aromatic rings. The third-order valence-electron chi connectivity index (χ3n) is 4.76. The lowest BCUT2D eigenvalue weighted by atomic mass is 9.97. The van der Waals surface area contributed by atoms with Crippen molar-refractivity contribution < 1.29 is 9.13 Å². The molecule has 5 heteroatoms. The Labute approximate surface area is 140 Å². The van der Waals surface area contributed by atoms with E-state index in [1.54, 1.807) is 12.1 Å². The molecule has 2 aliphatic heterocycles. The first kappa shape index (κ1) is 15.1. The first-order chi connectivity index (χ1) is 11.2. The SMILES string of the molecule is Fc1cccc(N[C@H]2CO[C@]3(CCN(Cc4cccs4)C3)C2)c1. The summed E-state index contributed by atoms with van der Waals surface area (Å²) in [6.45, 7) is 3.80. The second kappa shape index (κ2) is 6.23. The van der Waals surface area contributed by atoms with Crippen LogP contribution in [0, 0.1) is 5.82 Å². The Hall–Kier alpha value is -1.43. The lowest BCUT2D eigenvalue weighted by Crippen LogP contribution is -2.33. The second-order valence-electron chi connectivity index (χ2n) is 6.59. The zero-order valence-electron chi connectivity index (χ0n) is 13.0. The Kier molecular flexibility index (Phi) is 4.09. The molecule has 1 aromatic heterocycles. The monoisotopic (exact) mass is 332 g/mol. The molecule has 0 unspecified atom stereocenters. The van der Waals surface area contributed by atoms with E-state index in [1.807, 2.05) is 17.4 Å². The maximum absolute atomic E-state index is 13.3. The van der Waals surface area contributed by atoms with Gasteiger partial charge in [-0.05, 0) is 36.1 Å². The summed E-state index contributed by atoms with van der Waals surface area (Å²) < 4.78 is 19.5. The van der Waals surface area contributed by atoms with Gasteiger partial charge in [-0.25, -0.2) is 4.39 Å². The summed E-state index contributed by atoms with van der Waals surface area (Å²) in [4.78, 5) is 3.89. The number of hydrogen-bond donors (Lipinski definition) is 1. The van der Waals surface area contributed by atoms with E-state index in [9.17, 15) is 4.39 Å². The molecule has 4 rings (SSSR count). The van der Waals surface area contributed by atoms with Gasteiger partial charge in [0, 0.05) is 36.6 Å². The smallest absolute Gasteiger partial charge is 0.125 e. The summed E-state index contributed by atoms with van der Waals surface area (Å²) in [5.41, 5.74) is 0.812. The van der Waals surface area contributed by atoms with Gasteiger partial charge >= 0.3 is 0 Å². The number of hydrogen-bond acceptors (Lipinski definition) is 4. The molecule has 0 bridgehead atoms. The fraction of sp³-hybridized carbons (Fsp3) is 0.444. The second-order valence-corrected chi connectivity index (χ2v) is 7.62. The van der Waals surface area contributed by atoms with Gasteiger partial charge in [-0.2, -0.15) is 0 Å². The molecular weight excluding hydrogens is 311 g/mol. The fourth-order valence-electron chi connectivity index (χ4n) is 3.72. The molecule has 0 amide bonds. The van der Waals surface area contributed by atoms with Crippen molar-refractivity contribution in [3.8, 4) is 0 Å². The number of benzene rings is 1. The van der Waals surface area contributed by atoms with Crippen molar-refractivity contribution in [3.63, 3.8) is 0 Å². The van der Waals surface area contributed by atoms with E-state index in [0.29, 0.717) is 6.61 Å². The zero-order valence-corrected chi connectivity index (χ0v) is 13.8. The van der Waals surface area contributed by atoms with Crippen molar-refractivity contribution in [2.45, 2.75) is 31.0 Å². The number of likely N-dealkylation sites (tertiary alicyclic amines) is 1. The molecule has 2 fully saturated rings. The summed E-state index contributed by atoms with van der Waals surface area (Å²) in [5.74, 6) is -0.202. The lowest BCUT2D eigenvalue weighted by molar-refractivity contribution is 0.0120. The largest absolute Gasteiger partial charge is 0.380 e. The highest BCUT2D eigenvalue weighted by molar-refractivity contribution is 7.09. The molecular formula is C18H21FN2OS. The molecule has 2 saturated heterocycles. The van der Waals surface area contributed by atoms with E-state index in [1.165, 1.54) is 10.9 Å². The zero-order chi connectivity index (χ0) is 15.7. The highest BCUT2D eigenvalue weighted by atomic mass is 32.1. The van der Waals surface area contributed by atoms with Crippen molar-refractivity contribution in [2.24, 2.45) is 0 Å². The van der Waals surface area contributed by atoms with Gasteiger partial charge in [-0.15, -0.1) is 11.3 Å². The third-order valence-corrected chi connectivity index (χ3v) is 5.62. The van der Waals surface area contributed by atoms with E-state index >= 15 is 0 Å². The molecule has 1 aromatic carbocycles. The highest BCUT2D eigenvalue weighted by Gasteiger charge is 2.45. The van der Waals surface area contributed by atoms with Crippen LogP contribution >= 0.6 is 11.3 Å². The molecule has 0 radical (unpaired) electrons. The van der Waals surface area contributed by atoms with Gasteiger partial charge in [0.05, 0.1) is 18.2 Å². The average Bonchev–Trinajstić information content (AvgIpc) is 3.24. The predicted octanol–water partition coefficient (Wildman–Crippen LogP) is 3.73. The first-order valence-corrected chi connectivity index (χ1v) is 9.00. The van der Waals surface area contributed by atoms with Crippen LogP contribution in [0.5, 0.6) is 0 Å². The molecule has 3 heterocycles. The molecule has 122 valence electrons. The average molecular weight is 332 g/mol. The van der Waals surface area contributed by atoms with Crippen LogP contribution in [0.4, 0.5) is 10.1 Å². The van der Waals surface area contributed by atoms with Crippen molar-refractivity contribution in [1.82, 2.24) is 4.90 Å². The molecule has 23 heavy (non-hydrogen) atoms. The van der Waals surface area contributed by atoms with Crippen LogP contribution in [0.2, 0.25) is 0 Å². The predicted molar refractivity (Wildman–Crippen MR) is 91.3 cm³/mol. The summed E-state index contributed by atoms with van der Waals surface area (Å²) in [6, 6.07) is 11.2. The van der Waals surface area contributed by atoms with E-state index in [4.69, 9.17) is 4.74 Å². The Morgan fingerprint density at radius 2 is 2.30 bits per heavy atom. The standard InChI is InChI=1S/C18H21FN2OS/c19-14-3-1-4-15(9-14)20-16-10-18(22-12-16)6-7-21(13-18)11-17-5-2-8-23-17/h1-5,8-9,16,20H,6-7,10-13H2/t16-,18-/m1/s1. The van der Waals surface area contributed by atoms with Crippen molar-refractivity contribution in [2.75, 3.05) is 25.0 Å². The Bertz CT molecular complexity index is 663. The summed E-state index contributed by atoms with van der Waals surface area (Å²) in [6.07, 6.45) is 2.07. The first-order valence-electron chi connectivity index (χ1n) is 8.12. The summed E-state index contributed by atoms with van der Waals surface area (Å²) in [5, 5.41) is 5.54. The Morgan fingerprint density at radius 3 is 3.13 bits per heavy atom. The van der Waals surface area contributed by atoms with Crippen molar-refractivity contribution >= 4 is 17.0 Å². The van der Waals surface area contributed by atoms with E-state index in [0.717, 1.165) is 38.2 Å². The number of thiophene rings is 1. The topological polar surface area (TPSA) is 24.5 Å². The Morgan fingerprint density at radius 1 is 1.35 bits per heavy atom. The number of nitrogens with one attached hydrogen (secondary N) is 1. The van der Waals surface area contributed by atoms with Crippen LogP contribution in [-0.4, -0.2) is 36.2 Å². The minimum absolute atomic E-state index is 0.0255. The van der Waals surface area contributed by atoms with Gasteiger partial charge in [0.15, 0.2) is 0 Å². The molecule has 2 atom stereocenters. The minimum Gasteiger partial charge on any atom is -0.380 e. The van der Waals surface area contributed by atoms with Crippen molar-refractivity contribution in [3.05, 3.63) is 52.5 Å². The number of anilines is 1. The van der Waals surface area contributed by atoms with Gasteiger partial charge in [-0.3, -0.25) is 4.90 Å². The summed E-state index contributed by atoms with van der Waals surface area (Å²) >= 11 is 1.81. The summed E-state index contributed by atoms with van der Waals surface area (Å²) in [7, 11) is 0.